The minimum atomic E-state index is -3.66. The molecule has 0 aliphatic rings. The number of alkyl halides is 1. The number of halogens is 1. The summed E-state index contributed by atoms with van der Waals surface area (Å²) in [6, 6.07) is 0. The molecule has 0 aliphatic carbocycles. The molecule has 0 radical (unpaired) electrons. The van der Waals surface area contributed by atoms with Gasteiger partial charge in [0.15, 0.2) is 5.03 Å². The van der Waals surface area contributed by atoms with E-state index in [4.69, 9.17) is 0 Å². The van der Waals surface area contributed by atoms with Crippen molar-refractivity contribution in [2.45, 2.75) is 9.85 Å². The number of imidazole rings is 1. The lowest BCUT2D eigenvalue weighted by Crippen LogP contribution is -2.34. The molecule has 0 fully saturated rings. The molecule has 1 unspecified atom stereocenters. The number of H-pyrrole nitrogens is 1. The Morgan fingerprint density at radius 1 is 1.75 bits per heavy atom. The lowest BCUT2D eigenvalue weighted by atomic mass is 10.4. The highest BCUT2D eigenvalue weighted by Crippen LogP contribution is 2.05. The third kappa shape index (κ3) is 3.29. The first kappa shape index (κ1) is 13.1. The fourth-order valence-corrected chi connectivity index (χ4v) is 2.37. The van der Waals surface area contributed by atoms with Gasteiger partial charge in [0.2, 0.25) is 0 Å². The van der Waals surface area contributed by atoms with Crippen LogP contribution < -0.4 is 4.72 Å². The van der Waals surface area contributed by atoms with Gasteiger partial charge in [-0.1, -0.05) is 15.9 Å². The fourth-order valence-electron chi connectivity index (χ4n) is 0.862. The zero-order valence-electron chi connectivity index (χ0n) is 8.31. The minimum Gasteiger partial charge on any atom is -0.468 e. The standard InChI is InChI=1S/C7H10BrN3O4S/c1-15-7(12)5(8)2-11-16(13,14)6-3-9-4-10-6/h3-5,11H,2H2,1H3,(H,9,10). The van der Waals surface area contributed by atoms with E-state index in [0.717, 1.165) is 0 Å². The molecule has 0 saturated heterocycles. The van der Waals surface area contributed by atoms with Crippen molar-refractivity contribution in [3.05, 3.63) is 12.5 Å². The SMILES string of the molecule is COC(=O)C(Br)CNS(=O)(=O)c1cnc[nH]1. The molecule has 16 heavy (non-hydrogen) atoms. The van der Waals surface area contributed by atoms with Crippen LogP contribution in [-0.4, -0.2) is 42.8 Å². The van der Waals surface area contributed by atoms with Gasteiger partial charge in [-0.25, -0.2) is 18.1 Å². The molecule has 90 valence electrons. The van der Waals surface area contributed by atoms with Crippen molar-refractivity contribution in [1.29, 1.82) is 0 Å². The van der Waals surface area contributed by atoms with Crippen LogP contribution >= 0.6 is 15.9 Å². The summed E-state index contributed by atoms with van der Waals surface area (Å²) in [4.78, 5) is 16.3. The van der Waals surface area contributed by atoms with E-state index < -0.39 is 20.8 Å². The molecule has 0 aliphatic heterocycles. The van der Waals surface area contributed by atoms with E-state index in [9.17, 15) is 13.2 Å². The fraction of sp³-hybridized carbons (Fsp3) is 0.429. The first-order valence-electron chi connectivity index (χ1n) is 4.17. The number of aromatic nitrogens is 2. The molecule has 0 bridgehead atoms. The van der Waals surface area contributed by atoms with Crippen LogP contribution in [0, 0.1) is 0 Å². The van der Waals surface area contributed by atoms with E-state index in [1.807, 2.05) is 0 Å². The van der Waals surface area contributed by atoms with Crippen LogP contribution in [0.25, 0.3) is 0 Å². The molecule has 1 heterocycles. The summed E-state index contributed by atoms with van der Waals surface area (Å²) in [5.41, 5.74) is 0. The van der Waals surface area contributed by atoms with Gasteiger partial charge in [0.1, 0.15) is 4.83 Å². The van der Waals surface area contributed by atoms with Crippen molar-refractivity contribution in [2.75, 3.05) is 13.7 Å². The number of carbonyl (C=O) groups excluding carboxylic acids is 1. The second-order valence-electron chi connectivity index (χ2n) is 2.76. The van der Waals surface area contributed by atoms with E-state index in [-0.39, 0.29) is 11.6 Å². The Balaban J connectivity index is 2.59. The average Bonchev–Trinajstić information content (AvgIpc) is 2.78. The number of rotatable bonds is 5. The Labute approximate surface area is 101 Å². The molecule has 0 saturated carbocycles. The number of nitrogens with one attached hydrogen (secondary N) is 2. The maximum atomic E-state index is 11.6. The Bertz CT molecular complexity index is 444. The Morgan fingerprint density at radius 3 is 2.94 bits per heavy atom. The van der Waals surface area contributed by atoms with Crippen LogP contribution in [0.3, 0.4) is 0 Å². The first-order valence-corrected chi connectivity index (χ1v) is 6.57. The predicted octanol–water partition coefficient (Wildman–Crippen LogP) is -0.376. The number of sulfonamides is 1. The average molecular weight is 312 g/mol. The molecular formula is C7H10BrN3O4S. The van der Waals surface area contributed by atoms with Crippen molar-refractivity contribution >= 4 is 31.9 Å². The summed E-state index contributed by atoms with van der Waals surface area (Å²) >= 11 is 2.99. The van der Waals surface area contributed by atoms with E-state index in [0.29, 0.717) is 0 Å². The molecule has 1 aromatic heterocycles. The van der Waals surface area contributed by atoms with E-state index in [1.165, 1.54) is 19.6 Å². The molecule has 9 heteroatoms. The van der Waals surface area contributed by atoms with Crippen LogP contribution in [0.5, 0.6) is 0 Å². The summed E-state index contributed by atoms with van der Waals surface area (Å²) < 4.78 is 29.8. The monoisotopic (exact) mass is 311 g/mol. The zero-order valence-corrected chi connectivity index (χ0v) is 10.7. The second-order valence-corrected chi connectivity index (χ2v) is 5.60. The maximum absolute atomic E-state index is 11.6. The normalized spacial score (nSPS) is 13.4. The van der Waals surface area contributed by atoms with Crippen LogP contribution in [0.1, 0.15) is 0 Å². The van der Waals surface area contributed by atoms with Gasteiger partial charge in [-0.15, -0.1) is 0 Å². The molecule has 1 rings (SSSR count). The van der Waals surface area contributed by atoms with Gasteiger partial charge in [0, 0.05) is 6.54 Å². The van der Waals surface area contributed by atoms with E-state index in [1.54, 1.807) is 0 Å². The molecule has 1 aromatic rings. The summed E-state index contributed by atoms with van der Waals surface area (Å²) in [5, 5.41) is -0.0583. The number of nitrogens with zero attached hydrogens (tertiary/aromatic N) is 1. The van der Waals surface area contributed by atoms with Gasteiger partial charge < -0.3 is 9.72 Å². The van der Waals surface area contributed by atoms with Crippen LogP contribution in [-0.2, 0) is 19.6 Å². The van der Waals surface area contributed by atoms with Crippen molar-refractivity contribution in [3.63, 3.8) is 0 Å². The molecule has 0 aromatic carbocycles. The highest BCUT2D eigenvalue weighted by Gasteiger charge is 2.20. The molecule has 1 atom stereocenters. The van der Waals surface area contributed by atoms with Gasteiger partial charge in [-0.2, -0.15) is 0 Å². The van der Waals surface area contributed by atoms with Gasteiger partial charge >= 0.3 is 5.97 Å². The first-order chi connectivity index (χ1) is 7.47. The highest BCUT2D eigenvalue weighted by molar-refractivity contribution is 9.10. The highest BCUT2D eigenvalue weighted by atomic mass is 79.9. The maximum Gasteiger partial charge on any atom is 0.320 e. The van der Waals surface area contributed by atoms with Crippen LogP contribution in [0.15, 0.2) is 17.6 Å². The number of hydrogen-bond acceptors (Lipinski definition) is 5. The Kier molecular flexibility index (Phi) is 4.44. The quantitative estimate of drug-likeness (QED) is 0.570. The van der Waals surface area contributed by atoms with Crippen LogP contribution in [0.2, 0.25) is 0 Å². The number of esters is 1. The zero-order chi connectivity index (χ0) is 12.2. The molecular weight excluding hydrogens is 302 g/mol. The van der Waals surface area contributed by atoms with Crippen molar-refractivity contribution < 1.29 is 17.9 Å². The van der Waals surface area contributed by atoms with E-state index in [2.05, 4.69) is 35.4 Å². The lowest BCUT2D eigenvalue weighted by Gasteiger charge is -2.08. The number of methoxy groups -OCH3 is 1. The Morgan fingerprint density at radius 2 is 2.44 bits per heavy atom. The largest absolute Gasteiger partial charge is 0.468 e. The number of ether oxygens (including phenoxy) is 1. The summed E-state index contributed by atoms with van der Waals surface area (Å²) in [5.74, 6) is -0.549. The molecule has 0 amide bonds. The third-order valence-electron chi connectivity index (χ3n) is 1.67. The van der Waals surface area contributed by atoms with Crippen molar-refractivity contribution in [3.8, 4) is 0 Å². The summed E-state index contributed by atoms with van der Waals surface area (Å²) in [6.07, 6.45) is 2.42. The summed E-state index contributed by atoms with van der Waals surface area (Å²) in [7, 11) is -2.44. The predicted molar refractivity (Wildman–Crippen MR) is 58.5 cm³/mol. The third-order valence-corrected chi connectivity index (χ3v) is 3.72. The van der Waals surface area contributed by atoms with Crippen LogP contribution in [0.4, 0.5) is 0 Å². The van der Waals surface area contributed by atoms with E-state index >= 15 is 0 Å². The molecule has 2 N–H and O–H groups in total. The van der Waals surface area contributed by atoms with Gasteiger partial charge in [0.05, 0.1) is 19.6 Å². The smallest absolute Gasteiger partial charge is 0.320 e. The lowest BCUT2D eigenvalue weighted by molar-refractivity contribution is -0.139. The topological polar surface area (TPSA) is 101 Å². The number of aromatic amines is 1. The molecule has 7 nitrogen and oxygen atoms in total. The Hall–Kier alpha value is -0.930. The van der Waals surface area contributed by atoms with Gasteiger partial charge in [0.25, 0.3) is 10.0 Å². The van der Waals surface area contributed by atoms with Crippen molar-refractivity contribution in [1.82, 2.24) is 14.7 Å². The van der Waals surface area contributed by atoms with Gasteiger partial charge in [-0.05, 0) is 0 Å². The number of hydrogen-bond donors (Lipinski definition) is 2. The summed E-state index contributed by atoms with van der Waals surface area (Å²) in [6.45, 7) is -0.103. The van der Waals surface area contributed by atoms with Gasteiger partial charge in [-0.3, -0.25) is 4.79 Å². The molecule has 0 spiro atoms. The minimum absolute atomic E-state index is 0.0583. The number of carbonyl (C=O) groups is 1. The second kappa shape index (κ2) is 5.41. The van der Waals surface area contributed by atoms with Crippen molar-refractivity contribution in [2.24, 2.45) is 0 Å².